The van der Waals surface area contributed by atoms with Crippen LogP contribution < -0.4 is 0 Å². The average molecular weight is 269 g/mol. The van der Waals surface area contributed by atoms with Crippen LogP contribution in [0.15, 0.2) is 35.8 Å². The van der Waals surface area contributed by atoms with Crippen LogP contribution in [0.5, 0.6) is 0 Å². The summed E-state index contributed by atoms with van der Waals surface area (Å²) in [5.41, 5.74) is 1.68. The second-order valence-corrected chi connectivity index (χ2v) is 5.91. The van der Waals surface area contributed by atoms with E-state index in [4.69, 9.17) is 5.26 Å². The van der Waals surface area contributed by atoms with Gasteiger partial charge in [0.05, 0.1) is 0 Å². The first kappa shape index (κ1) is 12.3. The maximum atomic E-state index is 8.90. The van der Waals surface area contributed by atoms with Crippen molar-refractivity contribution < 1.29 is 0 Å². The predicted octanol–water partition coefficient (Wildman–Crippen LogP) is 3.18. The number of thiophene rings is 1. The van der Waals surface area contributed by atoms with Gasteiger partial charge in [-0.05, 0) is 42.0 Å². The van der Waals surface area contributed by atoms with Crippen LogP contribution in [0.4, 0.5) is 0 Å². The Morgan fingerprint density at radius 1 is 1.37 bits per heavy atom. The third-order valence-corrected chi connectivity index (χ3v) is 4.19. The summed E-state index contributed by atoms with van der Waals surface area (Å²) in [6, 6.07) is 11.0. The minimum Gasteiger partial charge on any atom is -0.291 e. The molecule has 0 spiro atoms. The number of nitriles is 1. The van der Waals surface area contributed by atoms with Crippen LogP contribution >= 0.6 is 11.3 Å². The van der Waals surface area contributed by atoms with Crippen LogP contribution in [0.1, 0.15) is 29.0 Å². The van der Waals surface area contributed by atoms with Crippen molar-refractivity contribution in [2.45, 2.75) is 32.0 Å². The molecule has 96 valence electrons. The first-order valence-electron chi connectivity index (χ1n) is 6.46. The first-order valence-corrected chi connectivity index (χ1v) is 7.34. The molecule has 1 fully saturated rings. The molecular formula is C15H15N3S. The lowest BCUT2D eigenvalue weighted by Crippen LogP contribution is -2.24. The van der Waals surface area contributed by atoms with E-state index >= 15 is 0 Å². The van der Waals surface area contributed by atoms with Crippen molar-refractivity contribution >= 4 is 11.3 Å². The molecule has 2 aromatic heterocycles. The smallest absolute Gasteiger partial charge is 0.140 e. The topological polar surface area (TPSA) is 39.9 Å². The van der Waals surface area contributed by atoms with Gasteiger partial charge in [-0.15, -0.1) is 11.3 Å². The van der Waals surface area contributed by atoms with Crippen molar-refractivity contribution in [3.8, 4) is 6.07 Å². The summed E-state index contributed by atoms with van der Waals surface area (Å²) in [5.74, 6) is 0. The molecule has 0 radical (unpaired) electrons. The minimum atomic E-state index is 0.504. The Labute approximate surface area is 117 Å². The van der Waals surface area contributed by atoms with E-state index in [2.05, 4.69) is 33.5 Å². The molecule has 0 bridgehead atoms. The highest BCUT2D eigenvalue weighted by Crippen LogP contribution is 2.30. The van der Waals surface area contributed by atoms with Crippen LogP contribution in [0, 0.1) is 11.3 Å². The summed E-state index contributed by atoms with van der Waals surface area (Å²) < 4.78 is 0. The quantitative estimate of drug-likeness (QED) is 0.837. The standard InChI is InChI=1S/C15H15N3S/c16-9-13-8-12(5-6-17-13)10-18(14-3-4-14)11-15-2-1-7-19-15/h1-2,5-8,14H,3-4,10-11H2. The molecule has 2 heterocycles. The van der Waals surface area contributed by atoms with Gasteiger partial charge in [0.15, 0.2) is 0 Å². The first-order chi connectivity index (χ1) is 9.35. The molecule has 3 rings (SSSR count). The molecule has 0 aliphatic heterocycles. The number of pyridine rings is 1. The molecule has 3 nitrogen and oxygen atoms in total. The maximum absolute atomic E-state index is 8.90. The Bertz CT molecular complexity index is 582. The molecule has 0 unspecified atom stereocenters. The molecule has 2 aromatic rings. The van der Waals surface area contributed by atoms with Gasteiger partial charge in [-0.25, -0.2) is 4.98 Å². The second-order valence-electron chi connectivity index (χ2n) is 4.88. The highest BCUT2D eigenvalue weighted by Gasteiger charge is 2.29. The lowest BCUT2D eigenvalue weighted by Gasteiger charge is -2.21. The number of rotatable bonds is 5. The zero-order chi connectivity index (χ0) is 13.1. The fourth-order valence-corrected chi connectivity index (χ4v) is 2.95. The molecule has 0 amide bonds. The fourth-order valence-electron chi connectivity index (χ4n) is 2.22. The molecule has 1 aliphatic rings. The Hall–Kier alpha value is -1.70. The summed E-state index contributed by atoms with van der Waals surface area (Å²) >= 11 is 1.81. The molecular weight excluding hydrogens is 254 g/mol. The summed E-state index contributed by atoms with van der Waals surface area (Å²) in [5, 5.41) is 11.0. The maximum Gasteiger partial charge on any atom is 0.140 e. The van der Waals surface area contributed by atoms with Crippen LogP contribution in [-0.2, 0) is 13.1 Å². The Morgan fingerprint density at radius 2 is 2.26 bits per heavy atom. The third-order valence-electron chi connectivity index (χ3n) is 3.33. The van der Waals surface area contributed by atoms with Crippen molar-refractivity contribution in [3.63, 3.8) is 0 Å². The van der Waals surface area contributed by atoms with E-state index in [0.29, 0.717) is 11.7 Å². The van der Waals surface area contributed by atoms with E-state index in [-0.39, 0.29) is 0 Å². The molecule has 1 saturated carbocycles. The highest BCUT2D eigenvalue weighted by atomic mass is 32.1. The molecule has 1 aliphatic carbocycles. The molecule has 0 saturated heterocycles. The Kier molecular flexibility index (Phi) is 3.58. The Balaban J connectivity index is 1.72. The van der Waals surface area contributed by atoms with Gasteiger partial charge in [-0.1, -0.05) is 6.07 Å². The largest absolute Gasteiger partial charge is 0.291 e. The van der Waals surface area contributed by atoms with E-state index in [1.807, 2.05) is 23.5 Å². The lowest BCUT2D eigenvalue weighted by molar-refractivity contribution is 0.248. The van der Waals surface area contributed by atoms with Crippen molar-refractivity contribution in [3.05, 3.63) is 52.0 Å². The monoisotopic (exact) mass is 269 g/mol. The summed E-state index contributed by atoms with van der Waals surface area (Å²) in [4.78, 5) is 7.93. The van der Waals surface area contributed by atoms with E-state index in [9.17, 15) is 0 Å². The van der Waals surface area contributed by atoms with Gasteiger partial charge < -0.3 is 0 Å². The molecule has 19 heavy (non-hydrogen) atoms. The van der Waals surface area contributed by atoms with Gasteiger partial charge in [0, 0.05) is 30.2 Å². The lowest BCUT2D eigenvalue weighted by atomic mass is 10.2. The number of nitrogens with zero attached hydrogens (tertiary/aromatic N) is 3. The van der Waals surface area contributed by atoms with Crippen molar-refractivity contribution in [1.82, 2.24) is 9.88 Å². The van der Waals surface area contributed by atoms with E-state index in [1.54, 1.807) is 6.20 Å². The van der Waals surface area contributed by atoms with E-state index in [1.165, 1.54) is 23.3 Å². The molecule has 0 N–H and O–H groups in total. The Morgan fingerprint density at radius 3 is 2.95 bits per heavy atom. The molecule has 4 heteroatoms. The number of aromatic nitrogens is 1. The van der Waals surface area contributed by atoms with Gasteiger partial charge in [-0.3, -0.25) is 4.90 Å². The summed E-state index contributed by atoms with van der Waals surface area (Å²) in [6.45, 7) is 1.91. The summed E-state index contributed by atoms with van der Waals surface area (Å²) in [6.07, 6.45) is 4.31. The zero-order valence-electron chi connectivity index (χ0n) is 10.6. The van der Waals surface area contributed by atoms with E-state index < -0.39 is 0 Å². The van der Waals surface area contributed by atoms with Gasteiger partial charge in [0.25, 0.3) is 0 Å². The minimum absolute atomic E-state index is 0.504. The highest BCUT2D eigenvalue weighted by molar-refractivity contribution is 7.09. The van der Waals surface area contributed by atoms with Crippen LogP contribution in [0.3, 0.4) is 0 Å². The van der Waals surface area contributed by atoms with E-state index in [0.717, 1.165) is 13.1 Å². The predicted molar refractivity (Wildman–Crippen MR) is 75.5 cm³/mol. The summed E-state index contributed by atoms with van der Waals surface area (Å²) in [7, 11) is 0. The molecule has 0 atom stereocenters. The SMILES string of the molecule is N#Cc1cc(CN(Cc2cccs2)C2CC2)ccn1. The van der Waals surface area contributed by atoms with Gasteiger partial charge in [-0.2, -0.15) is 5.26 Å². The van der Waals surface area contributed by atoms with Crippen molar-refractivity contribution in [1.29, 1.82) is 5.26 Å². The number of hydrogen-bond donors (Lipinski definition) is 0. The average Bonchev–Trinajstić information content (AvgIpc) is 3.17. The van der Waals surface area contributed by atoms with Gasteiger partial charge in [0.2, 0.25) is 0 Å². The number of hydrogen-bond acceptors (Lipinski definition) is 4. The van der Waals surface area contributed by atoms with Gasteiger partial charge >= 0.3 is 0 Å². The fraction of sp³-hybridized carbons (Fsp3) is 0.333. The van der Waals surface area contributed by atoms with Crippen molar-refractivity contribution in [2.24, 2.45) is 0 Å². The third kappa shape index (κ3) is 3.19. The van der Waals surface area contributed by atoms with Crippen molar-refractivity contribution in [2.75, 3.05) is 0 Å². The van der Waals surface area contributed by atoms with Crippen LogP contribution in [0.2, 0.25) is 0 Å². The zero-order valence-corrected chi connectivity index (χ0v) is 11.4. The second kappa shape index (κ2) is 5.52. The van der Waals surface area contributed by atoms with Gasteiger partial charge in [0.1, 0.15) is 11.8 Å². The van der Waals surface area contributed by atoms with Crippen LogP contribution in [0.25, 0.3) is 0 Å². The molecule has 0 aromatic carbocycles. The normalized spacial score (nSPS) is 14.5. The van der Waals surface area contributed by atoms with Crippen LogP contribution in [-0.4, -0.2) is 15.9 Å².